The molecule has 0 aliphatic rings. The van der Waals surface area contributed by atoms with Crippen molar-refractivity contribution < 1.29 is 0 Å². The van der Waals surface area contributed by atoms with Gasteiger partial charge in [0.2, 0.25) is 0 Å². The van der Waals surface area contributed by atoms with E-state index in [1.165, 1.54) is 16.1 Å². The Bertz CT molecular complexity index is 535. The van der Waals surface area contributed by atoms with Crippen LogP contribution in [0.4, 0.5) is 0 Å². The van der Waals surface area contributed by atoms with Crippen LogP contribution in [0.25, 0.3) is 10.2 Å². The van der Waals surface area contributed by atoms with Crippen LogP contribution in [0, 0.1) is 11.3 Å². The van der Waals surface area contributed by atoms with Crippen LogP contribution in [0.1, 0.15) is 46.0 Å². The van der Waals surface area contributed by atoms with Gasteiger partial charge in [0.25, 0.3) is 0 Å². The van der Waals surface area contributed by atoms with E-state index in [4.69, 9.17) is 4.98 Å². The summed E-state index contributed by atoms with van der Waals surface area (Å²) in [5.74, 6) is 0.691. The van der Waals surface area contributed by atoms with E-state index in [-0.39, 0.29) is 0 Å². The van der Waals surface area contributed by atoms with Gasteiger partial charge >= 0.3 is 0 Å². The highest BCUT2D eigenvalue weighted by atomic mass is 32.1. The fraction of sp³-hybridized carbons (Fsp3) is 0.611. The number of aromatic nitrogens is 1. The molecular weight excluding hydrogens is 276 g/mol. The largest absolute Gasteiger partial charge is 0.314 e. The lowest BCUT2D eigenvalue weighted by molar-refractivity contribution is 0.222. The minimum atomic E-state index is 0.362. The summed E-state index contributed by atoms with van der Waals surface area (Å²) in [6, 6.07) is 8.94. The van der Waals surface area contributed by atoms with Crippen LogP contribution in [0.3, 0.4) is 0 Å². The van der Waals surface area contributed by atoms with Crippen LogP contribution < -0.4 is 5.32 Å². The second kappa shape index (κ2) is 6.89. The summed E-state index contributed by atoms with van der Waals surface area (Å²) >= 11 is 1.83. The Hall–Kier alpha value is -0.930. The number of benzene rings is 1. The van der Waals surface area contributed by atoms with Gasteiger partial charge in [0, 0.05) is 12.5 Å². The maximum absolute atomic E-state index is 4.78. The van der Waals surface area contributed by atoms with E-state index >= 15 is 0 Å². The molecule has 0 saturated carbocycles. The van der Waals surface area contributed by atoms with E-state index in [1.54, 1.807) is 0 Å². The molecule has 0 radical (unpaired) electrons. The molecule has 0 fully saturated rings. The number of likely N-dealkylation sites (N-methyl/N-ethyl adjacent to an activating group) is 1. The van der Waals surface area contributed by atoms with Gasteiger partial charge in [0.1, 0.15) is 0 Å². The lowest BCUT2D eigenvalue weighted by Gasteiger charge is -2.31. The Balaban J connectivity index is 2.08. The minimum Gasteiger partial charge on any atom is -0.314 e. The average molecular weight is 305 g/mol. The van der Waals surface area contributed by atoms with Gasteiger partial charge in [-0.1, -0.05) is 46.8 Å². The third kappa shape index (κ3) is 4.52. The Morgan fingerprint density at radius 2 is 1.95 bits per heavy atom. The number of fused-ring (bicyclic) bond motifs is 1. The first kappa shape index (κ1) is 16.4. The molecule has 21 heavy (non-hydrogen) atoms. The monoisotopic (exact) mass is 304 g/mol. The molecule has 2 nitrogen and oxygen atoms in total. The summed E-state index contributed by atoms with van der Waals surface area (Å²) < 4.78 is 1.30. The number of rotatable bonds is 6. The van der Waals surface area contributed by atoms with E-state index in [2.05, 4.69) is 64.2 Å². The normalized spacial score (nSPS) is 15.3. The number of hydrogen-bond acceptors (Lipinski definition) is 3. The molecular formula is C18H28N2S. The van der Waals surface area contributed by atoms with E-state index < -0.39 is 0 Å². The van der Waals surface area contributed by atoms with Crippen molar-refractivity contribution in [2.75, 3.05) is 6.54 Å². The third-order valence-corrected chi connectivity index (χ3v) is 5.43. The topological polar surface area (TPSA) is 24.9 Å². The second-order valence-corrected chi connectivity index (χ2v) is 8.15. The quantitative estimate of drug-likeness (QED) is 0.822. The Labute approximate surface area is 133 Å². The average Bonchev–Trinajstić information content (AvgIpc) is 2.79. The van der Waals surface area contributed by atoms with Crippen molar-refractivity contribution in [2.45, 2.75) is 53.5 Å². The zero-order valence-corrected chi connectivity index (χ0v) is 14.8. The molecule has 0 aliphatic heterocycles. The van der Waals surface area contributed by atoms with Crippen LogP contribution in [-0.4, -0.2) is 17.6 Å². The summed E-state index contributed by atoms with van der Waals surface area (Å²) in [6.07, 6.45) is 2.24. The van der Waals surface area contributed by atoms with Crippen LogP contribution in [0.5, 0.6) is 0 Å². The van der Waals surface area contributed by atoms with Gasteiger partial charge < -0.3 is 5.32 Å². The Morgan fingerprint density at radius 3 is 2.57 bits per heavy atom. The van der Waals surface area contributed by atoms with E-state index in [1.807, 2.05) is 11.3 Å². The van der Waals surface area contributed by atoms with Crippen molar-refractivity contribution in [3.05, 3.63) is 29.3 Å². The predicted octanol–water partition coefficient (Wildman–Crippen LogP) is 4.89. The van der Waals surface area contributed by atoms with Crippen molar-refractivity contribution in [1.82, 2.24) is 10.3 Å². The molecule has 1 aromatic heterocycles. The highest BCUT2D eigenvalue weighted by Crippen LogP contribution is 2.30. The molecule has 1 heterocycles. The molecule has 0 spiro atoms. The van der Waals surface area contributed by atoms with Gasteiger partial charge in [0.15, 0.2) is 0 Å². The van der Waals surface area contributed by atoms with E-state index in [0.29, 0.717) is 17.4 Å². The summed E-state index contributed by atoms with van der Waals surface area (Å²) in [7, 11) is 0. The molecule has 0 bridgehead atoms. The van der Waals surface area contributed by atoms with Crippen molar-refractivity contribution in [3.8, 4) is 0 Å². The molecule has 3 heteroatoms. The third-order valence-electron chi connectivity index (χ3n) is 4.37. The van der Waals surface area contributed by atoms with Crippen molar-refractivity contribution in [1.29, 1.82) is 0 Å². The standard InChI is InChI=1S/C18H28N2S/c1-6-19-14(11-13(2)18(3,4)5)12-17-20-15-9-7-8-10-16(15)21-17/h7-10,13-14,19H,6,11-12H2,1-5H3. The van der Waals surface area contributed by atoms with Gasteiger partial charge in [-0.2, -0.15) is 0 Å². The fourth-order valence-corrected chi connectivity index (χ4v) is 3.57. The molecule has 116 valence electrons. The van der Waals surface area contributed by atoms with E-state index in [0.717, 1.165) is 18.5 Å². The maximum Gasteiger partial charge on any atom is 0.0954 e. The molecule has 2 rings (SSSR count). The second-order valence-electron chi connectivity index (χ2n) is 7.04. The first-order valence-electron chi connectivity index (χ1n) is 7.98. The zero-order chi connectivity index (χ0) is 15.5. The van der Waals surface area contributed by atoms with Gasteiger partial charge in [-0.3, -0.25) is 0 Å². The first-order chi connectivity index (χ1) is 9.90. The maximum atomic E-state index is 4.78. The molecule has 2 aromatic rings. The molecule has 2 atom stereocenters. The molecule has 1 aromatic carbocycles. The van der Waals surface area contributed by atoms with E-state index in [9.17, 15) is 0 Å². The lowest BCUT2D eigenvalue weighted by Crippen LogP contribution is -2.35. The highest BCUT2D eigenvalue weighted by Gasteiger charge is 2.24. The number of para-hydroxylation sites is 1. The van der Waals surface area contributed by atoms with Crippen LogP contribution in [-0.2, 0) is 6.42 Å². The number of thiazole rings is 1. The summed E-state index contributed by atoms with van der Waals surface area (Å²) in [4.78, 5) is 4.78. The van der Waals surface area contributed by atoms with Crippen LogP contribution in [0.2, 0.25) is 0 Å². The van der Waals surface area contributed by atoms with Crippen LogP contribution >= 0.6 is 11.3 Å². The van der Waals surface area contributed by atoms with Crippen LogP contribution in [0.15, 0.2) is 24.3 Å². The highest BCUT2D eigenvalue weighted by molar-refractivity contribution is 7.18. The molecule has 0 saturated heterocycles. The fourth-order valence-electron chi connectivity index (χ4n) is 2.53. The van der Waals surface area contributed by atoms with Gasteiger partial charge in [-0.15, -0.1) is 11.3 Å². The molecule has 2 unspecified atom stereocenters. The summed E-state index contributed by atoms with van der Waals surface area (Å²) in [6.45, 7) is 12.6. The van der Waals surface area contributed by atoms with Gasteiger partial charge in [0.05, 0.1) is 15.2 Å². The van der Waals surface area contributed by atoms with Gasteiger partial charge in [-0.05, 0) is 36.4 Å². The smallest absolute Gasteiger partial charge is 0.0954 e. The Morgan fingerprint density at radius 1 is 1.24 bits per heavy atom. The Kier molecular flexibility index (Phi) is 5.39. The number of nitrogens with one attached hydrogen (secondary N) is 1. The van der Waals surface area contributed by atoms with Crippen molar-refractivity contribution >= 4 is 21.6 Å². The summed E-state index contributed by atoms with van der Waals surface area (Å²) in [5.41, 5.74) is 1.50. The summed E-state index contributed by atoms with van der Waals surface area (Å²) in [5, 5.41) is 4.90. The molecule has 0 aliphatic carbocycles. The predicted molar refractivity (Wildman–Crippen MR) is 94.0 cm³/mol. The SMILES string of the molecule is CCNC(Cc1nc2ccccc2s1)CC(C)C(C)(C)C. The number of nitrogens with zero attached hydrogens (tertiary/aromatic N) is 1. The van der Waals surface area contributed by atoms with Crippen molar-refractivity contribution in [3.63, 3.8) is 0 Å². The van der Waals surface area contributed by atoms with Gasteiger partial charge in [-0.25, -0.2) is 4.98 Å². The molecule has 0 amide bonds. The van der Waals surface area contributed by atoms with Crippen molar-refractivity contribution in [2.24, 2.45) is 11.3 Å². The lowest BCUT2D eigenvalue weighted by atomic mass is 9.78. The molecule has 1 N–H and O–H groups in total. The number of hydrogen-bond donors (Lipinski definition) is 1. The zero-order valence-electron chi connectivity index (χ0n) is 13.9. The minimum absolute atomic E-state index is 0.362. The first-order valence-corrected chi connectivity index (χ1v) is 8.79.